The first-order valence-corrected chi connectivity index (χ1v) is 9.51. The highest BCUT2D eigenvalue weighted by atomic mass is 127. The van der Waals surface area contributed by atoms with Crippen LogP contribution in [-0.2, 0) is 12.7 Å². The molecule has 0 saturated carbocycles. The van der Waals surface area contributed by atoms with Gasteiger partial charge in [-0.25, -0.2) is 9.98 Å². The number of aryl methyl sites for hydroxylation is 1. The quantitative estimate of drug-likeness (QED) is 0.269. The predicted molar refractivity (Wildman–Crippen MR) is 118 cm³/mol. The maximum Gasteiger partial charge on any atom is 0.416 e. The van der Waals surface area contributed by atoms with E-state index in [0.717, 1.165) is 22.0 Å². The molecule has 0 bridgehead atoms. The number of aliphatic imine (C=N–C) groups is 1. The zero-order valence-corrected chi connectivity index (χ0v) is 19.1. The van der Waals surface area contributed by atoms with E-state index in [2.05, 4.69) is 20.6 Å². The first-order chi connectivity index (χ1) is 13.3. The lowest BCUT2D eigenvalue weighted by atomic mass is 10.2. The number of rotatable bonds is 8. The number of hydrogen-bond donors (Lipinski definition) is 3. The number of aliphatic hydroxyl groups is 1. The number of aromatic nitrogens is 1. The Hall–Kier alpha value is -1.60. The molecular weight excluding hydrogens is 520 g/mol. The average molecular weight is 544 g/mol. The molecule has 0 amide bonds. The number of ether oxygens (including phenoxy) is 1. The fourth-order valence-corrected chi connectivity index (χ4v) is 2.90. The summed E-state index contributed by atoms with van der Waals surface area (Å²) in [6, 6.07) is 4.55. The van der Waals surface area contributed by atoms with Gasteiger partial charge in [0.05, 0.1) is 12.1 Å². The maximum absolute atomic E-state index is 12.7. The molecule has 1 aromatic carbocycles. The van der Waals surface area contributed by atoms with Crippen molar-refractivity contribution in [2.75, 3.05) is 19.7 Å². The van der Waals surface area contributed by atoms with E-state index in [1.807, 2.05) is 13.8 Å². The molecule has 29 heavy (non-hydrogen) atoms. The molecule has 0 saturated heterocycles. The van der Waals surface area contributed by atoms with Crippen LogP contribution in [0.15, 0.2) is 35.5 Å². The molecule has 162 valence electrons. The molecule has 11 heteroatoms. The van der Waals surface area contributed by atoms with Crippen molar-refractivity contribution in [1.29, 1.82) is 0 Å². The molecule has 0 fully saturated rings. The summed E-state index contributed by atoms with van der Waals surface area (Å²) in [6.45, 7) is 4.90. The Morgan fingerprint density at radius 1 is 1.34 bits per heavy atom. The second-order valence-corrected chi connectivity index (χ2v) is 7.25. The van der Waals surface area contributed by atoms with E-state index in [1.54, 1.807) is 17.5 Å². The van der Waals surface area contributed by atoms with Gasteiger partial charge in [-0.15, -0.1) is 35.3 Å². The van der Waals surface area contributed by atoms with Crippen LogP contribution in [0, 0.1) is 6.92 Å². The molecule has 0 aliphatic rings. The van der Waals surface area contributed by atoms with Gasteiger partial charge in [0.2, 0.25) is 0 Å². The predicted octanol–water partition coefficient (Wildman–Crippen LogP) is 3.58. The van der Waals surface area contributed by atoms with E-state index < -0.39 is 17.8 Å². The lowest BCUT2D eigenvalue weighted by Crippen LogP contribution is -2.42. The van der Waals surface area contributed by atoms with E-state index in [9.17, 15) is 18.3 Å². The second-order valence-electron chi connectivity index (χ2n) is 5.93. The van der Waals surface area contributed by atoms with Gasteiger partial charge in [-0.3, -0.25) is 0 Å². The van der Waals surface area contributed by atoms with Gasteiger partial charge in [0.1, 0.15) is 23.5 Å². The summed E-state index contributed by atoms with van der Waals surface area (Å²) < 4.78 is 43.4. The van der Waals surface area contributed by atoms with Crippen molar-refractivity contribution in [2.24, 2.45) is 4.99 Å². The van der Waals surface area contributed by atoms with Crippen LogP contribution in [0.25, 0.3) is 0 Å². The lowest BCUT2D eigenvalue weighted by Gasteiger charge is -2.16. The van der Waals surface area contributed by atoms with E-state index in [1.165, 1.54) is 12.1 Å². The standard InChI is InChI=1S/C18H23F3N4O2S.HI/c1-3-22-17(25-10-16-23-8-12(2)28-16)24-9-14(26)11-27-15-6-4-5-13(7-15)18(19,20)21;/h4-8,14,26H,3,9-11H2,1-2H3,(H2,22,24,25);1H. The van der Waals surface area contributed by atoms with Crippen LogP contribution in [0.5, 0.6) is 5.75 Å². The van der Waals surface area contributed by atoms with Gasteiger partial charge in [0, 0.05) is 24.2 Å². The highest BCUT2D eigenvalue weighted by molar-refractivity contribution is 14.0. The van der Waals surface area contributed by atoms with Crippen molar-refractivity contribution in [3.8, 4) is 5.75 Å². The summed E-state index contributed by atoms with van der Waals surface area (Å²) in [5.41, 5.74) is -0.795. The molecule has 0 radical (unpaired) electrons. The minimum atomic E-state index is -4.44. The molecule has 6 nitrogen and oxygen atoms in total. The zero-order chi connectivity index (χ0) is 20.6. The Morgan fingerprint density at radius 2 is 2.10 bits per heavy atom. The molecule has 0 aliphatic heterocycles. The molecule has 2 rings (SSSR count). The minimum Gasteiger partial charge on any atom is -0.491 e. The highest BCUT2D eigenvalue weighted by Gasteiger charge is 2.30. The van der Waals surface area contributed by atoms with Crippen LogP contribution < -0.4 is 15.4 Å². The number of halogens is 4. The van der Waals surface area contributed by atoms with Gasteiger partial charge in [-0.1, -0.05) is 6.07 Å². The highest BCUT2D eigenvalue weighted by Crippen LogP contribution is 2.31. The zero-order valence-electron chi connectivity index (χ0n) is 16.0. The smallest absolute Gasteiger partial charge is 0.416 e. The lowest BCUT2D eigenvalue weighted by molar-refractivity contribution is -0.137. The number of thiazole rings is 1. The monoisotopic (exact) mass is 544 g/mol. The third kappa shape index (κ3) is 9.17. The third-order valence-electron chi connectivity index (χ3n) is 3.49. The number of nitrogens with one attached hydrogen (secondary N) is 2. The molecule has 1 heterocycles. The van der Waals surface area contributed by atoms with Gasteiger partial charge in [-0.05, 0) is 32.0 Å². The molecular formula is C18H24F3IN4O2S. The van der Waals surface area contributed by atoms with E-state index in [0.29, 0.717) is 19.0 Å². The summed E-state index contributed by atoms with van der Waals surface area (Å²) >= 11 is 1.56. The molecule has 3 N–H and O–H groups in total. The Labute approximate surface area is 188 Å². The number of guanidine groups is 1. The molecule has 2 aromatic rings. The molecule has 1 aromatic heterocycles. The van der Waals surface area contributed by atoms with Gasteiger partial charge in [0.15, 0.2) is 5.96 Å². The summed E-state index contributed by atoms with van der Waals surface area (Å²) in [4.78, 5) is 9.73. The van der Waals surface area contributed by atoms with Gasteiger partial charge in [0.25, 0.3) is 0 Å². The molecule has 1 atom stereocenters. The van der Waals surface area contributed by atoms with Crippen molar-refractivity contribution in [3.63, 3.8) is 0 Å². The van der Waals surface area contributed by atoms with E-state index in [4.69, 9.17) is 4.74 Å². The third-order valence-corrected chi connectivity index (χ3v) is 4.39. The number of alkyl halides is 3. The topological polar surface area (TPSA) is 78.8 Å². The molecule has 0 spiro atoms. The summed E-state index contributed by atoms with van der Waals surface area (Å²) in [7, 11) is 0. The van der Waals surface area contributed by atoms with Crippen molar-refractivity contribution >= 4 is 41.3 Å². The van der Waals surface area contributed by atoms with Gasteiger partial charge in [-0.2, -0.15) is 13.2 Å². The number of hydrogen-bond acceptors (Lipinski definition) is 5. The maximum atomic E-state index is 12.7. The minimum absolute atomic E-state index is 0. The summed E-state index contributed by atoms with van der Waals surface area (Å²) in [5, 5.41) is 16.9. The van der Waals surface area contributed by atoms with Gasteiger partial charge >= 0.3 is 6.18 Å². The number of aliphatic hydroxyl groups excluding tert-OH is 1. The van der Waals surface area contributed by atoms with Crippen molar-refractivity contribution in [3.05, 3.63) is 45.9 Å². The average Bonchev–Trinajstić information content (AvgIpc) is 3.07. The largest absolute Gasteiger partial charge is 0.491 e. The van der Waals surface area contributed by atoms with Crippen LogP contribution in [0.2, 0.25) is 0 Å². The Bertz CT molecular complexity index is 786. The molecule has 1 unspecified atom stereocenters. The van der Waals surface area contributed by atoms with Crippen molar-refractivity contribution in [1.82, 2.24) is 15.6 Å². The fourth-order valence-electron chi connectivity index (χ4n) is 2.19. The van der Waals surface area contributed by atoms with Gasteiger partial charge < -0.3 is 20.5 Å². The number of nitrogens with zero attached hydrogens (tertiary/aromatic N) is 2. The second kappa shape index (κ2) is 12.2. The fraction of sp³-hybridized carbons (Fsp3) is 0.444. The molecule has 0 aliphatic carbocycles. The normalized spacial score (nSPS) is 12.8. The van der Waals surface area contributed by atoms with Crippen LogP contribution in [0.1, 0.15) is 22.4 Å². The van der Waals surface area contributed by atoms with E-state index >= 15 is 0 Å². The Kier molecular flexibility index (Phi) is 10.7. The first-order valence-electron chi connectivity index (χ1n) is 8.69. The Morgan fingerprint density at radius 3 is 2.72 bits per heavy atom. The van der Waals surface area contributed by atoms with Crippen LogP contribution in [0.3, 0.4) is 0 Å². The van der Waals surface area contributed by atoms with E-state index in [-0.39, 0.29) is 42.9 Å². The number of benzene rings is 1. The van der Waals surface area contributed by atoms with Crippen LogP contribution in [-0.4, -0.2) is 41.9 Å². The SMILES string of the molecule is CCNC(=NCc1ncc(C)s1)NCC(O)COc1cccc(C(F)(F)F)c1.I. The summed E-state index contributed by atoms with van der Waals surface area (Å²) in [6.07, 6.45) is -3.59. The summed E-state index contributed by atoms with van der Waals surface area (Å²) in [5.74, 6) is 0.557. The Balaban J connectivity index is 0.00000420. The van der Waals surface area contributed by atoms with Crippen LogP contribution in [0.4, 0.5) is 13.2 Å². The first kappa shape index (κ1) is 25.4. The van der Waals surface area contributed by atoms with Crippen molar-refractivity contribution in [2.45, 2.75) is 32.7 Å². The van der Waals surface area contributed by atoms with Crippen LogP contribution >= 0.6 is 35.3 Å². The van der Waals surface area contributed by atoms with Crippen molar-refractivity contribution < 1.29 is 23.0 Å².